The van der Waals surface area contributed by atoms with Gasteiger partial charge in [0.15, 0.2) is 0 Å². The van der Waals surface area contributed by atoms with Crippen molar-refractivity contribution >= 4 is 56.4 Å². The number of rotatable bonds is 18. The zero-order valence-corrected chi connectivity index (χ0v) is 27.2. The number of hydrogen-bond donors (Lipinski definition) is 2. The molecule has 0 saturated carbocycles. The Morgan fingerprint density at radius 3 is 1.27 bits per heavy atom. The molecule has 0 saturated heterocycles. The molecule has 0 aromatic rings. The van der Waals surface area contributed by atoms with E-state index in [1.54, 1.807) is 0 Å². The summed E-state index contributed by atoms with van der Waals surface area (Å²) >= 11 is 5.11. The van der Waals surface area contributed by atoms with Crippen molar-refractivity contribution in [3.8, 4) is 0 Å². The van der Waals surface area contributed by atoms with Crippen molar-refractivity contribution in [2.45, 2.75) is 138 Å². The molecule has 0 fully saturated rings. The summed E-state index contributed by atoms with van der Waals surface area (Å²) in [6, 6.07) is 0. The molecule has 0 bridgehead atoms. The predicted octanol–water partition coefficient (Wildman–Crippen LogP) is 8.14. The molecule has 0 aliphatic carbocycles. The second-order valence-corrected chi connectivity index (χ2v) is 23.3. The Morgan fingerprint density at radius 1 is 0.697 bits per heavy atom. The Balaban J connectivity index is 5.40. The van der Waals surface area contributed by atoms with E-state index in [2.05, 4.69) is 53.0 Å². The fourth-order valence-corrected chi connectivity index (χ4v) is 14.9. The Bertz CT molecular complexity index is 508. The Morgan fingerprint density at radius 2 is 1.03 bits per heavy atom. The van der Waals surface area contributed by atoms with Crippen LogP contribution in [-0.4, -0.2) is 41.6 Å². The van der Waals surface area contributed by atoms with Gasteiger partial charge in [-0.1, -0.05) is 0 Å². The van der Waals surface area contributed by atoms with Crippen molar-refractivity contribution < 1.29 is 15.7 Å². The van der Waals surface area contributed by atoms with Gasteiger partial charge in [0.2, 0.25) is 0 Å². The van der Waals surface area contributed by atoms with Crippen LogP contribution in [-0.2, 0) is 15.7 Å². The van der Waals surface area contributed by atoms with Crippen LogP contribution in [0.2, 0.25) is 7.87 Å². The molecule has 196 valence electrons. The van der Waals surface area contributed by atoms with Crippen molar-refractivity contribution in [2.24, 2.45) is 11.8 Å². The topological polar surface area (TPSA) is 52.6 Å². The summed E-state index contributed by atoms with van der Waals surface area (Å²) in [6.07, 6.45) is 10.3. The molecule has 4 atom stereocenters. The van der Waals surface area contributed by atoms with Crippen molar-refractivity contribution in [3.05, 3.63) is 0 Å². The molecule has 0 heterocycles. The van der Waals surface area contributed by atoms with Crippen molar-refractivity contribution in [3.63, 3.8) is 0 Å². The first-order chi connectivity index (χ1) is 15.5. The van der Waals surface area contributed by atoms with Crippen LogP contribution in [0.3, 0.4) is 0 Å². The van der Waals surface area contributed by atoms with Gasteiger partial charge in [0.05, 0.1) is 0 Å². The SMILES string of the molecule is CCCCC(CC)CC(S)C(=O)[O][Sn]([O]C(=O)C(S)CC(CC)CCCC)([CH](C)C)[CH](C)C. The molecule has 0 rings (SSSR count). The summed E-state index contributed by atoms with van der Waals surface area (Å²) in [4.78, 5) is 26.3. The van der Waals surface area contributed by atoms with E-state index in [0.717, 1.165) is 51.4 Å². The van der Waals surface area contributed by atoms with Crippen LogP contribution in [0.5, 0.6) is 0 Å². The van der Waals surface area contributed by atoms with Gasteiger partial charge >= 0.3 is 222 Å². The predicted molar refractivity (Wildman–Crippen MR) is 150 cm³/mol. The maximum absolute atomic E-state index is 13.1. The van der Waals surface area contributed by atoms with Crippen molar-refractivity contribution in [1.82, 2.24) is 0 Å². The Kier molecular flexibility index (Phi) is 18.0. The van der Waals surface area contributed by atoms with E-state index in [0.29, 0.717) is 24.7 Å². The monoisotopic (exact) mass is 612 g/mol. The van der Waals surface area contributed by atoms with Gasteiger partial charge in [-0.15, -0.1) is 0 Å². The molecule has 0 aromatic carbocycles. The molecule has 4 nitrogen and oxygen atoms in total. The van der Waals surface area contributed by atoms with E-state index >= 15 is 0 Å². The van der Waals surface area contributed by atoms with Gasteiger partial charge in [-0.2, -0.15) is 0 Å². The Labute approximate surface area is 220 Å². The first kappa shape index (κ1) is 33.4. The summed E-state index contributed by atoms with van der Waals surface area (Å²) in [7, 11) is 0. The van der Waals surface area contributed by atoms with Gasteiger partial charge in [0.25, 0.3) is 0 Å². The molecule has 0 N–H and O–H groups in total. The standard InChI is InChI=1S/2C10H20O2S.2C3H7.Sn/c2*1-3-5-6-8(4-2)7-9(13)10(11)12;2*1-3-2;/h2*8-9,13H,3-7H2,1-2H3,(H,11,12);2*3H,1-2H3;/q;;;;+2/p-2. The second kappa shape index (κ2) is 17.8. The number of hydrogen-bond acceptors (Lipinski definition) is 6. The normalized spacial score (nSPS) is 15.9. The molecule has 7 heteroatoms. The average molecular weight is 612 g/mol. The zero-order valence-electron chi connectivity index (χ0n) is 22.6. The minimum atomic E-state index is -4.12. The summed E-state index contributed by atoms with van der Waals surface area (Å²) in [5.41, 5.74) is 0. The number of carbonyl (C=O) groups is 2. The van der Waals surface area contributed by atoms with Gasteiger partial charge in [0, 0.05) is 0 Å². The summed E-state index contributed by atoms with van der Waals surface area (Å²) in [5, 5.41) is -0.964. The van der Waals surface area contributed by atoms with Gasteiger partial charge in [0.1, 0.15) is 0 Å². The molecular weight excluding hydrogens is 559 g/mol. The molecule has 0 aromatic heterocycles. The molecule has 0 spiro atoms. The van der Waals surface area contributed by atoms with Crippen LogP contribution < -0.4 is 0 Å². The van der Waals surface area contributed by atoms with E-state index < -0.39 is 29.7 Å². The van der Waals surface area contributed by atoms with E-state index in [1.807, 2.05) is 27.7 Å². The zero-order chi connectivity index (χ0) is 25.6. The van der Waals surface area contributed by atoms with Gasteiger partial charge < -0.3 is 0 Å². The Hall–Kier alpha value is 0.439. The third kappa shape index (κ3) is 11.8. The van der Waals surface area contributed by atoms with Crippen LogP contribution in [0.4, 0.5) is 0 Å². The van der Waals surface area contributed by atoms with Gasteiger partial charge in [-0.05, 0) is 0 Å². The molecule has 0 radical (unpaired) electrons. The third-order valence-corrected chi connectivity index (χ3v) is 19.9. The third-order valence-electron chi connectivity index (χ3n) is 6.87. The average Bonchev–Trinajstić information content (AvgIpc) is 2.77. The number of unbranched alkanes of at least 4 members (excludes halogenated alkanes) is 2. The summed E-state index contributed by atoms with van der Waals surface area (Å²) < 4.78 is 12.4. The molecule has 33 heavy (non-hydrogen) atoms. The van der Waals surface area contributed by atoms with Crippen LogP contribution in [0.25, 0.3) is 0 Å². The van der Waals surface area contributed by atoms with Crippen LogP contribution in [0.15, 0.2) is 0 Å². The molecule has 0 aliphatic heterocycles. The molecule has 4 unspecified atom stereocenters. The fraction of sp³-hybridized carbons (Fsp3) is 0.923. The van der Waals surface area contributed by atoms with Crippen molar-refractivity contribution in [1.29, 1.82) is 0 Å². The van der Waals surface area contributed by atoms with E-state index in [4.69, 9.17) is 6.15 Å². The van der Waals surface area contributed by atoms with E-state index in [9.17, 15) is 9.59 Å². The first-order valence-corrected chi connectivity index (χ1v) is 20.0. The van der Waals surface area contributed by atoms with Crippen LogP contribution in [0, 0.1) is 11.8 Å². The maximum atomic E-state index is 13.1. The van der Waals surface area contributed by atoms with E-state index in [1.165, 1.54) is 0 Å². The number of thiol groups is 2. The van der Waals surface area contributed by atoms with Gasteiger partial charge in [-0.3, -0.25) is 0 Å². The molecule has 0 amide bonds. The molecule has 0 aliphatic rings. The van der Waals surface area contributed by atoms with E-state index in [-0.39, 0.29) is 19.8 Å². The van der Waals surface area contributed by atoms with Crippen molar-refractivity contribution in [2.75, 3.05) is 0 Å². The van der Waals surface area contributed by atoms with Crippen LogP contribution in [0.1, 0.15) is 120 Å². The number of carbonyl (C=O) groups excluding carboxylic acids is 2. The molecular formula is C26H52O4S2Sn. The summed E-state index contributed by atoms with van der Waals surface area (Å²) in [5.74, 6) is 0.288. The summed E-state index contributed by atoms with van der Waals surface area (Å²) in [6.45, 7) is 16.8. The fourth-order valence-electron chi connectivity index (χ4n) is 4.40. The van der Waals surface area contributed by atoms with Crippen LogP contribution >= 0.6 is 25.3 Å². The quantitative estimate of drug-likeness (QED) is 0.121. The first-order valence-electron chi connectivity index (χ1n) is 13.3. The van der Waals surface area contributed by atoms with Gasteiger partial charge in [-0.25, -0.2) is 0 Å². The minimum absolute atomic E-state index is 0.0115. The second-order valence-electron chi connectivity index (χ2n) is 10.2.